The van der Waals surface area contributed by atoms with Gasteiger partial charge >= 0.3 is 0 Å². The first-order chi connectivity index (χ1) is 12.4. The van der Waals surface area contributed by atoms with Gasteiger partial charge in [-0.05, 0) is 29.8 Å². The second-order valence-corrected chi connectivity index (χ2v) is 6.10. The zero-order valence-corrected chi connectivity index (χ0v) is 13.8. The molecule has 0 saturated carbocycles. The Morgan fingerprint density at radius 1 is 1.23 bits per heavy atom. The largest absolute Gasteiger partial charge is 0.351 e. The molecule has 0 radical (unpaired) electrons. The van der Waals surface area contributed by atoms with Gasteiger partial charge in [-0.3, -0.25) is 19.9 Å². The molecule has 3 N–H and O–H groups in total. The third kappa shape index (κ3) is 4.60. The summed E-state index contributed by atoms with van der Waals surface area (Å²) in [6.07, 6.45) is 2.64. The van der Waals surface area contributed by atoms with Gasteiger partial charge in [0.2, 0.25) is 5.91 Å². The second-order valence-electron chi connectivity index (χ2n) is 6.10. The van der Waals surface area contributed by atoms with Crippen LogP contribution < -0.4 is 16.0 Å². The van der Waals surface area contributed by atoms with Gasteiger partial charge in [0.15, 0.2) is 0 Å². The van der Waals surface area contributed by atoms with Crippen LogP contribution in [0, 0.1) is 0 Å². The second kappa shape index (κ2) is 7.57. The first-order valence-electron chi connectivity index (χ1n) is 8.12. The molecule has 0 bridgehead atoms. The molecule has 8 heteroatoms. The van der Waals surface area contributed by atoms with Crippen LogP contribution in [0.2, 0.25) is 0 Å². The van der Waals surface area contributed by atoms with E-state index in [4.69, 9.17) is 0 Å². The third-order valence-electron chi connectivity index (χ3n) is 4.02. The lowest BCUT2D eigenvalue weighted by Crippen LogP contribution is -2.40. The highest BCUT2D eigenvalue weighted by molar-refractivity contribution is 6.04. The minimum atomic E-state index is -2.85. The number of nitrogens with one attached hydrogen (secondary N) is 3. The highest BCUT2D eigenvalue weighted by atomic mass is 19.3. The Hall–Kier alpha value is -2.87. The maximum Gasteiger partial charge on any atom is 0.262 e. The van der Waals surface area contributed by atoms with Gasteiger partial charge in [0.25, 0.3) is 11.8 Å². The minimum Gasteiger partial charge on any atom is -0.351 e. The molecule has 136 valence electrons. The van der Waals surface area contributed by atoms with E-state index in [9.17, 15) is 18.4 Å². The summed E-state index contributed by atoms with van der Waals surface area (Å²) < 4.78 is 26.3. The van der Waals surface area contributed by atoms with E-state index >= 15 is 0 Å². The summed E-state index contributed by atoms with van der Waals surface area (Å²) >= 11 is 0. The average molecular weight is 360 g/mol. The van der Waals surface area contributed by atoms with E-state index in [0.717, 1.165) is 0 Å². The fraction of sp³-hybridized carbons (Fsp3) is 0.278. The molecule has 0 aliphatic carbocycles. The van der Waals surface area contributed by atoms with Crippen molar-refractivity contribution in [1.82, 2.24) is 15.6 Å². The van der Waals surface area contributed by atoms with Crippen molar-refractivity contribution in [2.24, 2.45) is 0 Å². The van der Waals surface area contributed by atoms with Crippen LogP contribution >= 0.6 is 0 Å². The summed E-state index contributed by atoms with van der Waals surface area (Å²) in [6.45, 7) is -0.339. The van der Waals surface area contributed by atoms with Crippen LogP contribution in [-0.2, 0) is 11.3 Å². The summed E-state index contributed by atoms with van der Waals surface area (Å²) in [5, 5.41) is 7.87. The summed E-state index contributed by atoms with van der Waals surface area (Å²) in [6, 6.07) is 9.20. The molecule has 26 heavy (non-hydrogen) atoms. The quantitative estimate of drug-likeness (QED) is 0.761. The van der Waals surface area contributed by atoms with Crippen molar-refractivity contribution in [2.45, 2.75) is 24.9 Å². The smallest absolute Gasteiger partial charge is 0.262 e. The molecule has 6 nitrogen and oxygen atoms in total. The van der Waals surface area contributed by atoms with Crippen molar-refractivity contribution in [3.8, 4) is 0 Å². The Labute approximate surface area is 149 Å². The van der Waals surface area contributed by atoms with Crippen LogP contribution in [0.4, 0.5) is 14.5 Å². The SMILES string of the molecule is O=C(Nc1ccncc1)c1cccc(CNC(=O)C2CC(F)(F)CN2)c1. The van der Waals surface area contributed by atoms with E-state index in [0.29, 0.717) is 16.8 Å². The number of rotatable bonds is 5. The summed E-state index contributed by atoms with van der Waals surface area (Å²) in [5.41, 5.74) is 1.75. The summed E-state index contributed by atoms with van der Waals surface area (Å²) in [7, 11) is 0. The van der Waals surface area contributed by atoms with Gasteiger partial charge in [-0.2, -0.15) is 0 Å². The van der Waals surface area contributed by atoms with Crippen molar-refractivity contribution in [1.29, 1.82) is 0 Å². The highest BCUT2D eigenvalue weighted by Gasteiger charge is 2.42. The predicted octanol–water partition coefficient (Wildman–Crippen LogP) is 1.95. The Kier molecular flexibility index (Phi) is 5.22. The Morgan fingerprint density at radius 2 is 2.00 bits per heavy atom. The third-order valence-corrected chi connectivity index (χ3v) is 4.02. The number of carbonyl (C=O) groups excluding carboxylic acids is 2. The van der Waals surface area contributed by atoms with Gasteiger partial charge < -0.3 is 10.6 Å². The van der Waals surface area contributed by atoms with Crippen LogP contribution in [0.15, 0.2) is 48.8 Å². The molecule has 1 atom stereocenters. The lowest BCUT2D eigenvalue weighted by Gasteiger charge is -2.12. The number of pyridine rings is 1. The van der Waals surface area contributed by atoms with Crippen molar-refractivity contribution >= 4 is 17.5 Å². The molecule has 2 amide bonds. The van der Waals surface area contributed by atoms with E-state index in [2.05, 4.69) is 20.9 Å². The van der Waals surface area contributed by atoms with Crippen molar-refractivity contribution in [2.75, 3.05) is 11.9 Å². The summed E-state index contributed by atoms with van der Waals surface area (Å²) in [4.78, 5) is 28.1. The molecular formula is C18H18F2N4O2. The first kappa shape index (κ1) is 17.9. The molecule has 2 aromatic rings. The van der Waals surface area contributed by atoms with Crippen LogP contribution in [0.1, 0.15) is 22.3 Å². The molecular weight excluding hydrogens is 342 g/mol. The number of nitrogens with zero attached hydrogens (tertiary/aromatic N) is 1. The lowest BCUT2D eigenvalue weighted by molar-refractivity contribution is -0.123. The normalized spacial score (nSPS) is 18.3. The van der Waals surface area contributed by atoms with Gasteiger partial charge in [-0.15, -0.1) is 0 Å². The average Bonchev–Trinajstić information content (AvgIpc) is 3.01. The van der Waals surface area contributed by atoms with Crippen LogP contribution in [0.3, 0.4) is 0 Å². The number of benzene rings is 1. The van der Waals surface area contributed by atoms with Gasteiger partial charge in [0, 0.05) is 36.6 Å². The van der Waals surface area contributed by atoms with Crippen LogP contribution in [0.5, 0.6) is 0 Å². The van der Waals surface area contributed by atoms with E-state index in [1.165, 1.54) is 0 Å². The maximum absolute atomic E-state index is 13.1. The number of alkyl halides is 2. The molecule has 3 rings (SSSR count). The number of halogens is 2. The first-order valence-corrected chi connectivity index (χ1v) is 8.12. The number of hydrogen-bond acceptors (Lipinski definition) is 4. The zero-order valence-electron chi connectivity index (χ0n) is 13.8. The molecule has 1 unspecified atom stereocenters. The summed E-state index contributed by atoms with van der Waals surface area (Å²) in [5.74, 6) is -3.62. The predicted molar refractivity (Wildman–Crippen MR) is 91.8 cm³/mol. The molecule has 2 heterocycles. The fourth-order valence-corrected chi connectivity index (χ4v) is 2.67. The van der Waals surface area contributed by atoms with Gasteiger partial charge in [-0.1, -0.05) is 12.1 Å². The van der Waals surface area contributed by atoms with Crippen LogP contribution in [0.25, 0.3) is 0 Å². The Morgan fingerprint density at radius 3 is 2.69 bits per heavy atom. The van der Waals surface area contributed by atoms with E-state index in [1.54, 1.807) is 48.8 Å². The van der Waals surface area contributed by atoms with Gasteiger partial charge in [-0.25, -0.2) is 8.78 Å². The van der Waals surface area contributed by atoms with Crippen molar-refractivity contribution < 1.29 is 18.4 Å². The molecule has 1 aromatic carbocycles. The standard InChI is InChI=1S/C18H18F2N4O2/c19-18(20)9-15(23-11-18)17(26)22-10-12-2-1-3-13(8-12)16(25)24-14-4-6-21-7-5-14/h1-8,15,23H,9-11H2,(H,22,26)(H,21,24,25). The number of hydrogen-bond donors (Lipinski definition) is 3. The molecule has 1 aliphatic heterocycles. The molecule has 1 saturated heterocycles. The van der Waals surface area contributed by atoms with Gasteiger partial charge in [0.05, 0.1) is 12.6 Å². The topological polar surface area (TPSA) is 83.1 Å². The minimum absolute atomic E-state index is 0.152. The number of aromatic nitrogens is 1. The van der Waals surface area contributed by atoms with Gasteiger partial charge in [0.1, 0.15) is 0 Å². The number of anilines is 1. The van der Waals surface area contributed by atoms with Crippen molar-refractivity contribution in [3.05, 3.63) is 59.9 Å². The fourth-order valence-electron chi connectivity index (χ4n) is 2.67. The molecule has 1 fully saturated rings. The zero-order chi connectivity index (χ0) is 18.6. The van der Waals surface area contributed by atoms with E-state index in [1.807, 2.05) is 0 Å². The lowest BCUT2D eigenvalue weighted by atomic mass is 10.1. The monoisotopic (exact) mass is 360 g/mol. The Balaban J connectivity index is 1.57. The van der Waals surface area contributed by atoms with E-state index in [-0.39, 0.29) is 12.5 Å². The van der Waals surface area contributed by atoms with Crippen molar-refractivity contribution in [3.63, 3.8) is 0 Å². The molecule has 1 aromatic heterocycles. The van der Waals surface area contributed by atoms with E-state index < -0.39 is 30.8 Å². The Bertz CT molecular complexity index is 799. The number of carbonyl (C=O) groups is 2. The number of amides is 2. The highest BCUT2D eigenvalue weighted by Crippen LogP contribution is 2.25. The van der Waals surface area contributed by atoms with Crippen LogP contribution in [-0.4, -0.2) is 35.3 Å². The molecule has 1 aliphatic rings. The maximum atomic E-state index is 13.1. The molecule has 0 spiro atoms.